The van der Waals surface area contributed by atoms with Gasteiger partial charge in [0.2, 0.25) is 0 Å². The van der Waals surface area contributed by atoms with Gasteiger partial charge in [-0.05, 0) is 53.3 Å². The molecule has 19 heavy (non-hydrogen) atoms. The molecule has 2 aromatic carbocycles. The summed E-state index contributed by atoms with van der Waals surface area (Å²) in [5.41, 5.74) is 7.58. The Balaban J connectivity index is 0.00000133. The minimum Gasteiger partial charge on any atom is -0.497 e. The van der Waals surface area contributed by atoms with Gasteiger partial charge in [-0.1, -0.05) is 24.6 Å². The molecule has 0 saturated heterocycles. The molecule has 0 spiro atoms. The Hall–Kier alpha value is -1.25. The number of methoxy groups -OCH3 is 1. The van der Waals surface area contributed by atoms with Crippen molar-refractivity contribution in [3.05, 3.63) is 42.0 Å². The van der Waals surface area contributed by atoms with E-state index in [2.05, 4.69) is 30.3 Å². The monoisotopic (exact) mass is 277 g/mol. The van der Waals surface area contributed by atoms with Crippen LogP contribution in [0.4, 0.5) is 0 Å². The van der Waals surface area contributed by atoms with E-state index in [9.17, 15) is 0 Å². The standard InChI is InChI=1S/C16H19NO.ClH/c1-18-15-8-7-12-9-14(6-5-13(12)10-15)16(17)11-3-2-4-11;/h5-11,16H,2-4,17H2,1H3;1H/t16-;/m1./s1. The molecule has 1 atom stereocenters. The van der Waals surface area contributed by atoms with Crippen LogP contribution in [0.1, 0.15) is 30.9 Å². The van der Waals surface area contributed by atoms with Crippen molar-refractivity contribution in [2.24, 2.45) is 11.7 Å². The van der Waals surface area contributed by atoms with Crippen molar-refractivity contribution < 1.29 is 4.74 Å². The quantitative estimate of drug-likeness (QED) is 0.918. The van der Waals surface area contributed by atoms with Crippen LogP contribution in [0.5, 0.6) is 5.75 Å². The second kappa shape index (κ2) is 5.81. The zero-order valence-electron chi connectivity index (χ0n) is 11.1. The third kappa shape index (κ3) is 2.70. The SMILES string of the molecule is COc1ccc2cc([C@H](N)C3CCC3)ccc2c1.Cl. The fourth-order valence-electron chi connectivity index (χ4n) is 2.65. The van der Waals surface area contributed by atoms with E-state index in [4.69, 9.17) is 10.5 Å². The molecular formula is C16H20ClNO. The Morgan fingerprint density at radius 3 is 2.42 bits per heavy atom. The van der Waals surface area contributed by atoms with Crippen molar-refractivity contribution in [2.75, 3.05) is 7.11 Å². The average Bonchev–Trinajstić information content (AvgIpc) is 2.35. The van der Waals surface area contributed by atoms with Crippen LogP contribution in [-0.4, -0.2) is 7.11 Å². The molecule has 0 bridgehead atoms. The number of nitrogens with two attached hydrogens (primary N) is 1. The maximum Gasteiger partial charge on any atom is 0.119 e. The molecule has 1 saturated carbocycles. The summed E-state index contributed by atoms with van der Waals surface area (Å²) in [7, 11) is 1.70. The van der Waals surface area contributed by atoms with Crippen LogP contribution in [0.25, 0.3) is 10.8 Å². The van der Waals surface area contributed by atoms with Gasteiger partial charge in [-0.2, -0.15) is 0 Å². The normalized spacial score (nSPS) is 16.5. The summed E-state index contributed by atoms with van der Waals surface area (Å²) in [5.74, 6) is 1.58. The van der Waals surface area contributed by atoms with E-state index in [1.807, 2.05) is 6.07 Å². The van der Waals surface area contributed by atoms with Gasteiger partial charge < -0.3 is 10.5 Å². The number of halogens is 1. The summed E-state index contributed by atoms with van der Waals surface area (Å²) < 4.78 is 5.24. The number of hydrogen-bond acceptors (Lipinski definition) is 2. The molecule has 102 valence electrons. The van der Waals surface area contributed by atoms with E-state index < -0.39 is 0 Å². The Morgan fingerprint density at radius 2 is 1.79 bits per heavy atom. The van der Waals surface area contributed by atoms with Gasteiger partial charge in [0.25, 0.3) is 0 Å². The molecule has 2 N–H and O–H groups in total. The molecular weight excluding hydrogens is 258 g/mol. The number of benzene rings is 2. The molecule has 2 aromatic rings. The fourth-order valence-corrected chi connectivity index (χ4v) is 2.65. The molecule has 2 nitrogen and oxygen atoms in total. The minimum absolute atomic E-state index is 0. The number of hydrogen-bond donors (Lipinski definition) is 1. The molecule has 0 radical (unpaired) electrons. The lowest BCUT2D eigenvalue weighted by atomic mass is 9.77. The highest BCUT2D eigenvalue weighted by Gasteiger charge is 2.25. The first-order valence-corrected chi connectivity index (χ1v) is 6.61. The Morgan fingerprint density at radius 1 is 1.11 bits per heavy atom. The molecule has 1 aliphatic carbocycles. The van der Waals surface area contributed by atoms with Crippen LogP contribution in [-0.2, 0) is 0 Å². The van der Waals surface area contributed by atoms with Gasteiger partial charge in [-0.15, -0.1) is 12.4 Å². The molecule has 0 amide bonds. The van der Waals surface area contributed by atoms with Gasteiger partial charge in [-0.25, -0.2) is 0 Å². The zero-order chi connectivity index (χ0) is 12.5. The lowest BCUT2D eigenvalue weighted by Gasteiger charge is -2.31. The maximum atomic E-state index is 6.32. The Labute approximate surface area is 120 Å². The van der Waals surface area contributed by atoms with Gasteiger partial charge in [0.1, 0.15) is 5.75 Å². The first-order valence-electron chi connectivity index (χ1n) is 6.61. The minimum atomic E-state index is 0. The van der Waals surface area contributed by atoms with E-state index in [-0.39, 0.29) is 18.4 Å². The number of ether oxygens (including phenoxy) is 1. The van der Waals surface area contributed by atoms with E-state index >= 15 is 0 Å². The summed E-state index contributed by atoms with van der Waals surface area (Å²) in [4.78, 5) is 0. The van der Waals surface area contributed by atoms with Gasteiger partial charge >= 0.3 is 0 Å². The van der Waals surface area contributed by atoms with E-state index in [0.717, 1.165) is 5.75 Å². The predicted molar refractivity (Wildman–Crippen MR) is 82.0 cm³/mol. The maximum absolute atomic E-state index is 6.32. The topological polar surface area (TPSA) is 35.2 Å². The molecule has 3 heteroatoms. The Bertz CT molecular complexity index is 566. The van der Waals surface area contributed by atoms with Crippen molar-refractivity contribution in [1.82, 2.24) is 0 Å². The molecule has 0 unspecified atom stereocenters. The van der Waals surface area contributed by atoms with Crippen LogP contribution in [0.3, 0.4) is 0 Å². The van der Waals surface area contributed by atoms with E-state index in [1.165, 1.54) is 35.6 Å². The molecule has 0 aromatic heterocycles. The lowest BCUT2D eigenvalue weighted by Crippen LogP contribution is -2.26. The third-order valence-electron chi connectivity index (χ3n) is 4.11. The highest BCUT2D eigenvalue weighted by molar-refractivity contribution is 5.85. The number of rotatable bonds is 3. The first-order chi connectivity index (χ1) is 8.78. The van der Waals surface area contributed by atoms with Crippen molar-refractivity contribution in [3.63, 3.8) is 0 Å². The van der Waals surface area contributed by atoms with Crippen molar-refractivity contribution >= 4 is 23.2 Å². The van der Waals surface area contributed by atoms with Crippen LogP contribution >= 0.6 is 12.4 Å². The van der Waals surface area contributed by atoms with Gasteiger partial charge in [-0.3, -0.25) is 0 Å². The zero-order valence-corrected chi connectivity index (χ0v) is 12.0. The van der Waals surface area contributed by atoms with Gasteiger partial charge in [0.05, 0.1) is 7.11 Å². The van der Waals surface area contributed by atoms with Gasteiger partial charge in [0.15, 0.2) is 0 Å². The van der Waals surface area contributed by atoms with E-state index in [0.29, 0.717) is 5.92 Å². The average molecular weight is 278 g/mol. The summed E-state index contributed by atoms with van der Waals surface area (Å²) in [6.07, 6.45) is 3.90. The summed E-state index contributed by atoms with van der Waals surface area (Å²) in [6, 6.07) is 12.9. The Kier molecular flexibility index (Phi) is 4.33. The van der Waals surface area contributed by atoms with Crippen molar-refractivity contribution in [3.8, 4) is 5.75 Å². The van der Waals surface area contributed by atoms with Crippen LogP contribution in [0.2, 0.25) is 0 Å². The second-order valence-corrected chi connectivity index (χ2v) is 5.19. The molecule has 1 fully saturated rings. The van der Waals surface area contributed by atoms with Crippen molar-refractivity contribution in [1.29, 1.82) is 0 Å². The highest BCUT2D eigenvalue weighted by Crippen LogP contribution is 2.37. The molecule has 0 aliphatic heterocycles. The largest absolute Gasteiger partial charge is 0.497 e. The predicted octanol–water partition coefficient (Wildman–Crippen LogP) is 4.07. The van der Waals surface area contributed by atoms with Crippen LogP contribution in [0, 0.1) is 5.92 Å². The highest BCUT2D eigenvalue weighted by atomic mass is 35.5. The molecule has 3 rings (SSSR count). The van der Waals surface area contributed by atoms with Crippen LogP contribution in [0.15, 0.2) is 36.4 Å². The molecule has 1 aliphatic rings. The van der Waals surface area contributed by atoms with Gasteiger partial charge in [0, 0.05) is 6.04 Å². The number of fused-ring (bicyclic) bond motifs is 1. The smallest absolute Gasteiger partial charge is 0.119 e. The fraction of sp³-hybridized carbons (Fsp3) is 0.375. The third-order valence-corrected chi connectivity index (χ3v) is 4.11. The summed E-state index contributed by atoms with van der Waals surface area (Å²) in [5, 5.41) is 2.45. The second-order valence-electron chi connectivity index (χ2n) is 5.19. The van der Waals surface area contributed by atoms with Crippen molar-refractivity contribution in [2.45, 2.75) is 25.3 Å². The van der Waals surface area contributed by atoms with E-state index in [1.54, 1.807) is 7.11 Å². The summed E-state index contributed by atoms with van der Waals surface area (Å²) in [6.45, 7) is 0. The van der Waals surface area contributed by atoms with Crippen LogP contribution < -0.4 is 10.5 Å². The lowest BCUT2D eigenvalue weighted by molar-refractivity contribution is 0.264. The first kappa shape index (κ1) is 14.2. The summed E-state index contributed by atoms with van der Waals surface area (Å²) >= 11 is 0. The molecule has 0 heterocycles.